The molecular formula is C20H17N3O4. The van der Waals surface area contributed by atoms with E-state index in [9.17, 15) is 15.2 Å². The molecule has 0 fully saturated rings. The number of anilines is 2. The van der Waals surface area contributed by atoms with Crippen LogP contribution in [0, 0.1) is 10.1 Å². The number of para-hydroxylation sites is 2. The van der Waals surface area contributed by atoms with Crippen LogP contribution in [0.15, 0.2) is 71.7 Å². The Morgan fingerprint density at radius 2 is 1.89 bits per heavy atom. The molecule has 0 amide bonds. The van der Waals surface area contributed by atoms with E-state index < -0.39 is 4.92 Å². The van der Waals surface area contributed by atoms with Crippen molar-refractivity contribution in [3.05, 3.63) is 82.4 Å². The van der Waals surface area contributed by atoms with Crippen molar-refractivity contribution >= 4 is 29.0 Å². The fourth-order valence-corrected chi connectivity index (χ4v) is 2.47. The minimum Gasteiger partial charge on any atom is -0.504 e. The number of nitrogens with one attached hydrogen (secondary N) is 1. The van der Waals surface area contributed by atoms with Gasteiger partial charge in [-0.1, -0.05) is 24.3 Å². The summed E-state index contributed by atoms with van der Waals surface area (Å²) in [5, 5.41) is 24.5. The molecule has 7 heteroatoms. The number of nitro benzene ring substituents is 1. The van der Waals surface area contributed by atoms with E-state index in [1.165, 1.54) is 25.5 Å². The molecule has 0 heterocycles. The number of nitrogens with zero attached hydrogens (tertiary/aromatic N) is 2. The quantitative estimate of drug-likeness (QED) is 0.372. The third-order valence-corrected chi connectivity index (χ3v) is 3.84. The zero-order chi connectivity index (χ0) is 19.2. The Hall–Kier alpha value is -3.87. The maximum atomic E-state index is 11.1. The highest BCUT2D eigenvalue weighted by atomic mass is 16.6. The van der Waals surface area contributed by atoms with Gasteiger partial charge in [0.1, 0.15) is 0 Å². The van der Waals surface area contributed by atoms with Crippen molar-refractivity contribution in [2.24, 2.45) is 4.99 Å². The van der Waals surface area contributed by atoms with E-state index in [0.29, 0.717) is 22.7 Å². The summed E-state index contributed by atoms with van der Waals surface area (Å²) >= 11 is 0. The van der Waals surface area contributed by atoms with Gasteiger partial charge in [-0.05, 0) is 30.3 Å². The maximum absolute atomic E-state index is 11.1. The standard InChI is InChI=1S/C20H17N3O4/c1-27-19-9-5-6-14(20(19)24)13-21-18-12-16(23(25)26)10-11-17(18)22-15-7-3-2-4-8-15/h2-13,22,24H,1H3. The summed E-state index contributed by atoms with van der Waals surface area (Å²) in [5.41, 5.74) is 2.16. The van der Waals surface area contributed by atoms with Crippen LogP contribution in [0.25, 0.3) is 0 Å². The highest BCUT2D eigenvalue weighted by Gasteiger charge is 2.11. The first-order chi connectivity index (χ1) is 13.1. The van der Waals surface area contributed by atoms with Crippen LogP contribution >= 0.6 is 0 Å². The van der Waals surface area contributed by atoms with E-state index in [4.69, 9.17) is 4.74 Å². The molecule has 0 bridgehead atoms. The van der Waals surface area contributed by atoms with Crippen molar-refractivity contribution in [2.75, 3.05) is 12.4 Å². The van der Waals surface area contributed by atoms with Gasteiger partial charge in [0.05, 0.1) is 23.4 Å². The number of benzene rings is 3. The Morgan fingerprint density at radius 1 is 1.11 bits per heavy atom. The molecule has 3 rings (SSSR count). The van der Waals surface area contributed by atoms with Gasteiger partial charge >= 0.3 is 0 Å². The number of aromatic hydroxyl groups is 1. The predicted molar refractivity (Wildman–Crippen MR) is 105 cm³/mol. The first kappa shape index (κ1) is 17.9. The van der Waals surface area contributed by atoms with Gasteiger partial charge in [-0.2, -0.15) is 0 Å². The summed E-state index contributed by atoms with van der Waals surface area (Å²) in [6.45, 7) is 0. The van der Waals surface area contributed by atoms with Crippen molar-refractivity contribution in [3.63, 3.8) is 0 Å². The number of rotatable bonds is 6. The van der Waals surface area contributed by atoms with Crippen LogP contribution in [0.5, 0.6) is 11.5 Å². The second-order valence-corrected chi connectivity index (χ2v) is 5.61. The number of methoxy groups -OCH3 is 1. The fourth-order valence-electron chi connectivity index (χ4n) is 2.47. The first-order valence-corrected chi connectivity index (χ1v) is 8.09. The van der Waals surface area contributed by atoms with Gasteiger partial charge in [-0.25, -0.2) is 0 Å². The lowest BCUT2D eigenvalue weighted by Crippen LogP contribution is -1.93. The third-order valence-electron chi connectivity index (χ3n) is 3.84. The molecule has 0 radical (unpaired) electrons. The Kier molecular flexibility index (Phi) is 5.32. The summed E-state index contributed by atoms with van der Waals surface area (Å²) in [7, 11) is 1.46. The molecule has 7 nitrogen and oxygen atoms in total. The summed E-state index contributed by atoms with van der Waals surface area (Å²) < 4.78 is 5.08. The van der Waals surface area contributed by atoms with E-state index in [0.717, 1.165) is 5.69 Å². The van der Waals surface area contributed by atoms with E-state index >= 15 is 0 Å². The molecule has 0 spiro atoms. The van der Waals surface area contributed by atoms with Crippen molar-refractivity contribution in [3.8, 4) is 11.5 Å². The van der Waals surface area contributed by atoms with Crippen LogP contribution in [0.2, 0.25) is 0 Å². The molecule has 0 unspecified atom stereocenters. The number of nitro groups is 1. The molecule has 0 aliphatic carbocycles. The molecule has 0 aromatic heterocycles. The fraction of sp³-hybridized carbons (Fsp3) is 0.0500. The van der Waals surface area contributed by atoms with E-state index in [2.05, 4.69) is 10.3 Å². The highest BCUT2D eigenvalue weighted by molar-refractivity contribution is 5.89. The number of hydrogen-bond donors (Lipinski definition) is 2. The third kappa shape index (κ3) is 4.21. The van der Waals surface area contributed by atoms with Crippen LogP contribution < -0.4 is 10.1 Å². The van der Waals surface area contributed by atoms with Gasteiger partial charge in [-0.15, -0.1) is 0 Å². The summed E-state index contributed by atoms with van der Waals surface area (Å²) in [6, 6.07) is 18.8. The summed E-state index contributed by atoms with van der Waals surface area (Å²) in [4.78, 5) is 15.0. The molecule has 0 aliphatic rings. The number of aliphatic imine (C=N–C) groups is 1. The molecule has 2 N–H and O–H groups in total. The first-order valence-electron chi connectivity index (χ1n) is 8.09. The summed E-state index contributed by atoms with van der Waals surface area (Å²) in [5.74, 6) is 0.271. The minimum absolute atomic E-state index is 0.0493. The second-order valence-electron chi connectivity index (χ2n) is 5.61. The topological polar surface area (TPSA) is 97.0 Å². The smallest absolute Gasteiger partial charge is 0.271 e. The van der Waals surface area contributed by atoms with Gasteiger partial charge < -0.3 is 15.2 Å². The molecule has 0 saturated heterocycles. The van der Waals surface area contributed by atoms with Crippen LogP contribution in [0.4, 0.5) is 22.7 Å². The van der Waals surface area contributed by atoms with Gasteiger partial charge in [0.25, 0.3) is 5.69 Å². The van der Waals surface area contributed by atoms with Crippen molar-refractivity contribution in [1.82, 2.24) is 0 Å². The molecule has 27 heavy (non-hydrogen) atoms. The highest BCUT2D eigenvalue weighted by Crippen LogP contribution is 2.33. The largest absolute Gasteiger partial charge is 0.504 e. The zero-order valence-electron chi connectivity index (χ0n) is 14.5. The molecule has 3 aromatic rings. The van der Waals surface area contributed by atoms with Crippen LogP contribution in [0.3, 0.4) is 0 Å². The number of ether oxygens (including phenoxy) is 1. The zero-order valence-corrected chi connectivity index (χ0v) is 14.5. The molecule has 0 saturated carbocycles. The Balaban J connectivity index is 1.99. The second kappa shape index (κ2) is 8.01. The lowest BCUT2D eigenvalue weighted by atomic mass is 10.2. The Labute approximate surface area is 155 Å². The van der Waals surface area contributed by atoms with Crippen molar-refractivity contribution < 1.29 is 14.8 Å². The van der Waals surface area contributed by atoms with Gasteiger partial charge in [0, 0.05) is 29.6 Å². The van der Waals surface area contributed by atoms with Crippen molar-refractivity contribution in [2.45, 2.75) is 0 Å². The van der Waals surface area contributed by atoms with Gasteiger partial charge in [-0.3, -0.25) is 15.1 Å². The minimum atomic E-state index is -0.478. The van der Waals surface area contributed by atoms with Crippen molar-refractivity contribution in [1.29, 1.82) is 0 Å². The van der Waals surface area contributed by atoms with Gasteiger partial charge in [0.2, 0.25) is 0 Å². The molecule has 136 valence electrons. The molecule has 3 aromatic carbocycles. The average Bonchev–Trinajstić information content (AvgIpc) is 2.68. The van der Waals surface area contributed by atoms with Crippen LogP contribution in [-0.2, 0) is 0 Å². The summed E-state index contributed by atoms with van der Waals surface area (Å²) in [6.07, 6.45) is 1.44. The maximum Gasteiger partial charge on any atom is 0.271 e. The molecule has 0 atom stereocenters. The van der Waals surface area contributed by atoms with Crippen LogP contribution in [0.1, 0.15) is 5.56 Å². The number of phenolic OH excluding ortho intramolecular Hbond substituents is 1. The number of phenols is 1. The van der Waals surface area contributed by atoms with Gasteiger partial charge in [0.15, 0.2) is 11.5 Å². The van der Waals surface area contributed by atoms with E-state index in [-0.39, 0.29) is 11.4 Å². The number of hydrogen-bond acceptors (Lipinski definition) is 6. The Bertz CT molecular complexity index is 988. The van der Waals surface area contributed by atoms with E-state index in [1.54, 1.807) is 24.3 Å². The lowest BCUT2D eigenvalue weighted by molar-refractivity contribution is -0.384. The lowest BCUT2D eigenvalue weighted by Gasteiger charge is -2.09. The molecule has 0 aliphatic heterocycles. The number of non-ortho nitro benzene ring substituents is 1. The Morgan fingerprint density at radius 3 is 2.59 bits per heavy atom. The van der Waals surface area contributed by atoms with Crippen LogP contribution in [-0.4, -0.2) is 23.4 Å². The average molecular weight is 363 g/mol. The molecular weight excluding hydrogens is 346 g/mol. The predicted octanol–water partition coefficient (Wildman–Crippen LogP) is 4.80. The SMILES string of the molecule is COc1cccc(C=Nc2cc([N+](=O)[O-])ccc2Nc2ccccc2)c1O. The van der Waals surface area contributed by atoms with E-state index in [1.807, 2.05) is 30.3 Å². The monoisotopic (exact) mass is 363 g/mol. The normalized spacial score (nSPS) is 10.7.